The van der Waals surface area contributed by atoms with E-state index in [1.54, 1.807) is 24.3 Å². The molecule has 0 bridgehead atoms. The topological polar surface area (TPSA) is 131 Å². The largest absolute Gasteiger partial charge is 0.549 e. The summed E-state index contributed by atoms with van der Waals surface area (Å²) in [5, 5.41) is 34.3. The van der Waals surface area contributed by atoms with E-state index in [0.29, 0.717) is 16.5 Å². The Labute approximate surface area is 117 Å². The number of aromatic amines is 1. The highest BCUT2D eigenvalue weighted by atomic mass is 16.9. The summed E-state index contributed by atoms with van der Waals surface area (Å²) >= 11 is 0. The molecule has 1 aromatic heterocycles. The Morgan fingerprint density at radius 3 is 2.62 bits per heavy atom. The van der Waals surface area contributed by atoms with Crippen molar-refractivity contribution >= 4 is 28.6 Å². The van der Waals surface area contributed by atoms with Crippen LogP contribution in [0.4, 0.5) is 0 Å². The molecule has 1 aromatic carbocycles. The maximum Gasteiger partial charge on any atom is 0.276 e. The van der Waals surface area contributed by atoms with E-state index in [2.05, 4.69) is 9.82 Å². The number of hydrogen-bond acceptors (Lipinski definition) is 6. The molecule has 0 amide bonds. The predicted octanol–water partition coefficient (Wildman–Crippen LogP) is -1.98. The van der Waals surface area contributed by atoms with E-state index in [-0.39, 0.29) is 4.90 Å². The van der Waals surface area contributed by atoms with Crippen molar-refractivity contribution in [3.8, 4) is 0 Å². The smallest absolute Gasteiger partial charge is 0.276 e. The average Bonchev–Trinajstić information content (AvgIpc) is 2.99. The van der Waals surface area contributed by atoms with Crippen molar-refractivity contribution < 1.29 is 29.5 Å². The molecule has 0 saturated heterocycles. The fraction of sp³-hybridized carbons (Fsp3) is 0.154. The van der Waals surface area contributed by atoms with Gasteiger partial charge in [0.1, 0.15) is 18.0 Å². The molecule has 2 atom stereocenters. The third-order valence-electron chi connectivity index (χ3n) is 3.40. The van der Waals surface area contributed by atoms with Crippen LogP contribution in [-0.4, -0.2) is 33.6 Å². The number of carbonyl (C=O) groups is 2. The van der Waals surface area contributed by atoms with Crippen LogP contribution in [0.5, 0.6) is 0 Å². The van der Waals surface area contributed by atoms with Crippen LogP contribution in [-0.2, 0) is 14.4 Å². The zero-order valence-electron chi connectivity index (χ0n) is 10.4. The van der Waals surface area contributed by atoms with Crippen molar-refractivity contribution in [2.24, 2.45) is 0 Å². The molecule has 8 nitrogen and oxygen atoms in total. The molecule has 0 fully saturated rings. The van der Waals surface area contributed by atoms with Crippen molar-refractivity contribution in [2.45, 2.75) is 12.0 Å². The first kappa shape index (κ1) is 13.0. The Balaban J connectivity index is 2.20. The summed E-state index contributed by atoms with van der Waals surface area (Å²) in [7, 11) is 0. The molecule has 0 aliphatic carbocycles. The van der Waals surface area contributed by atoms with Gasteiger partial charge in [-0.1, -0.05) is 18.2 Å². The maximum absolute atomic E-state index is 11.5. The van der Waals surface area contributed by atoms with E-state index in [0.717, 1.165) is 0 Å². The standard InChI is InChI=1S/C13H10N2O6/c16-12(17)10-9(11(13(18)19)21-15(10)20)7-5-14-8-4-2-1-3-6(7)8/h1-5,9,11,14H,(H,16,17)(H,18,19)/p-2/t9-,11+/m1/s1. The number of fused-ring (bicyclic) bond motifs is 1. The molecule has 21 heavy (non-hydrogen) atoms. The summed E-state index contributed by atoms with van der Waals surface area (Å²) in [6.07, 6.45) is -0.286. The first-order chi connectivity index (χ1) is 10.0. The molecule has 3 rings (SSSR count). The van der Waals surface area contributed by atoms with E-state index >= 15 is 0 Å². The normalized spacial score (nSPS) is 21.5. The fourth-order valence-corrected chi connectivity index (χ4v) is 2.52. The molecule has 0 spiro atoms. The van der Waals surface area contributed by atoms with Gasteiger partial charge in [-0.2, -0.15) is 0 Å². The van der Waals surface area contributed by atoms with E-state index < -0.39 is 29.7 Å². The van der Waals surface area contributed by atoms with E-state index in [1.807, 2.05) is 0 Å². The van der Waals surface area contributed by atoms with Crippen molar-refractivity contribution in [1.29, 1.82) is 0 Å². The van der Waals surface area contributed by atoms with Crippen LogP contribution < -0.4 is 10.2 Å². The van der Waals surface area contributed by atoms with Gasteiger partial charge in [-0.15, -0.1) is 0 Å². The SMILES string of the molecule is O=C([O-])C1=[N+]([O-])O[C@H](C(=O)[O-])[C@@H]1c1c[nH]c2ccccc12. The lowest BCUT2D eigenvalue weighted by Gasteiger charge is -2.19. The van der Waals surface area contributed by atoms with Gasteiger partial charge in [0.15, 0.2) is 0 Å². The Hall–Kier alpha value is -3.03. The predicted molar refractivity (Wildman–Crippen MR) is 64.6 cm³/mol. The van der Waals surface area contributed by atoms with Gasteiger partial charge in [-0.05, 0) is 11.6 Å². The summed E-state index contributed by atoms with van der Waals surface area (Å²) in [6.45, 7) is 0. The van der Waals surface area contributed by atoms with Gasteiger partial charge in [-0.3, -0.25) is 5.21 Å². The molecule has 1 aliphatic heterocycles. The zero-order chi connectivity index (χ0) is 15.1. The zero-order valence-corrected chi connectivity index (χ0v) is 10.4. The summed E-state index contributed by atoms with van der Waals surface area (Å²) in [6, 6.07) is 6.87. The minimum Gasteiger partial charge on any atom is -0.549 e. The lowest BCUT2D eigenvalue weighted by Crippen LogP contribution is -2.43. The molecule has 1 N–H and O–H groups in total. The summed E-state index contributed by atoms with van der Waals surface area (Å²) < 4.78 is 0. The number of rotatable bonds is 3. The number of benzene rings is 1. The van der Waals surface area contributed by atoms with E-state index in [1.165, 1.54) is 6.20 Å². The first-order valence-electron chi connectivity index (χ1n) is 6.00. The molecule has 8 heteroatoms. The second-order valence-electron chi connectivity index (χ2n) is 4.54. The number of nitrogens with zero attached hydrogens (tertiary/aromatic N) is 1. The van der Waals surface area contributed by atoms with Crippen LogP contribution >= 0.6 is 0 Å². The minimum absolute atomic E-state index is 0.317. The fourth-order valence-electron chi connectivity index (χ4n) is 2.52. The van der Waals surface area contributed by atoms with E-state index in [4.69, 9.17) is 0 Å². The molecular formula is C13H8N2O6-2. The first-order valence-corrected chi connectivity index (χ1v) is 6.00. The van der Waals surface area contributed by atoms with Crippen LogP contribution in [0.3, 0.4) is 0 Å². The Bertz CT molecular complexity index is 778. The molecule has 108 valence electrons. The van der Waals surface area contributed by atoms with Crippen LogP contribution in [0.25, 0.3) is 10.9 Å². The highest BCUT2D eigenvalue weighted by molar-refractivity contribution is 6.35. The van der Waals surface area contributed by atoms with Crippen LogP contribution in [0.1, 0.15) is 11.5 Å². The van der Waals surface area contributed by atoms with Gasteiger partial charge < -0.3 is 29.6 Å². The van der Waals surface area contributed by atoms with Crippen LogP contribution in [0.2, 0.25) is 0 Å². The van der Waals surface area contributed by atoms with Crippen molar-refractivity contribution in [1.82, 2.24) is 4.98 Å². The van der Waals surface area contributed by atoms with Crippen molar-refractivity contribution in [2.75, 3.05) is 0 Å². The van der Waals surface area contributed by atoms with Crippen molar-refractivity contribution in [3.63, 3.8) is 0 Å². The second kappa shape index (κ2) is 4.51. The quantitative estimate of drug-likeness (QED) is 0.651. The number of aliphatic carboxylic acids is 2. The van der Waals surface area contributed by atoms with Gasteiger partial charge in [-0.25, -0.2) is 0 Å². The second-order valence-corrected chi connectivity index (χ2v) is 4.54. The molecule has 0 saturated carbocycles. The molecule has 0 unspecified atom stereocenters. The van der Waals surface area contributed by atoms with Gasteiger partial charge in [0.25, 0.3) is 5.71 Å². The number of para-hydroxylation sites is 1. The molecule has 0 radical (unpaired) electrons. The third kappa shape index (κ3) is 1.88. The van der Waals surface area contributed by atoms with Crippen LogP contribution in [0, 0.1) is 5.21 Å². The Kier molecular flexibility index (Phi) is 2.79. The number of aromatic nitrogens is 1. The third-order valence-corrected chi connectivity index (χ3v) is 3.40. The summed E-state index contributed by atoms with van der Waals surface area (Å²) in [5.41, 5.74) is 0.193. The Morgan fingerprint density at radius 1 is 1.24 bits per heavy atom. The Morgan fingerprint density at radius 2 is 1.95 bits per heavy atom. The molecule has 2 heterocycles. The number of carboxylic acid groups (broad SMARTS) is 2. The number of H-pyrrole nitrogens is 1. The average molecular weight is 288 g/mol. The lowest BCUT2D eigenvalue weighted by molar-refractivity contribution is -0.738. The van der Waals surface area contributed by atoms with E-state index in [9.17, 15) is 25.0 Å². The number of carboxylic acids is 2. The molecule has 2 aromatic rings. The van der Waals surface area contributed by atoms with Gasteiger partial charge in [0.05, 0.1) is 5.97 Å². The van der Waals surface area contributed by atoms with Gasteiger partial charge in [0.2, 0.25) is 0 Å². The lowest BCUT2D eigenvalue weighted by atomic mass is 9.89. The number of carbonyl (C=O) groups excluding carboxylic acids is 2. The van der Waals surface area contributed by atoms with Gasteiger partial charge in [0, 0.05) is 22.0 Å². The summed E-state index contributed by atoms with van der Waals surface area (Å²) in [4.78, 5) is 29.3. The highest BCUT2D eigenvalue weighted by Gasteiger charge is 2.43. The highest BCUT2D eigenvalue weighted by Crippen LogP contribution is 2.33. The minimum atomic E-state index is -1.79. The monoisotopic (exact) mass is 288 g/mol. The van der Waals surface area contributed by atoms with Gasteiger partial charge >= 0.3 is 0 Å². The number of nitrogens with one attached hydrogen (secondary N) is 1. The maximum atomic E-state index is 11.5. The van der Waals surface area contributed by atoms with Crippen molar-refractivity contribution in [3.05, 3.63) is 41.2 Å². The molecular weight excluding hydrogens is 280 g/mol. The van der Waals surface area contributed by atoms with Crippen LogP contribution in [0.15, 0.2) is 30.5 Å². The summed E-state index contributed by atoms with van der Waals surface area (Å²) in [5.74, 6) is -4.78. The number of hydrogen-bond donors (Lipinski definition) is 1. The molecule has 1 aliphatic rings.